The number of ether oxygens (including phenoxy) is 2. The number of methoxy groups -OCH3 is 1. The minimum absolute atomic E-state index is 0.188. The largest absolute Gasteiger partial charge is 0.495 e. The summed E-state index contributed by atoms with van der Waals surface area (Å²) in [6, 6.07) is 2.15. The predicted octanol–water partition coefficient (Wildman–Crippen LogP) is 0.758. The molecule has 116 valence electrons. The molecule has 1 saturated heterocycles. The van der Waals surface area contributed by atoms with Crippen molar-refractivity contribution < 1.29 is 18.7 Å². The highest BCUT2D eigenvalue weighted by Crippen LogP contribution is 2.32. The fraction of sp³-hybridized carbons (Fsp3) is 0.500. The summed E-state index contributed by atoms with van der Waals surface area (Å²) in [5, 5.41) is 2.74. The van der Waals surface area contributed by atoms with Gasteiger partial charge < -0.3 is 25.4 Å². The van der Waals surface area contributed by atoms with E-state index in [4.69, 9.17) is 15.2 Å². The van der Waals surface area contributed by atoms with E-state index >= 15 is 0 Å². The summed E-state index contributed by atoms with van der Waals surface area (Å²) in [5.74, 6) is -0.288. The first-order valence-electron chi connectivity index (χ1n) is 6.83. The molecule has 1 aliphatic rings. The lowest BCUT2D eigenvalue weighted by Gasteiger charge is -2.36. The Balaban J connectivity index is 2.35. The zero-order valence-corrected chi connectivity index (χ0v) is 12.2. The van der Waals surface area contributed by atoms with Crippen molar-refractivity contribution in [2.75, 3.05) is 44.0 Å². The normalized spacial score (nSPS) is 18.4. The van der Waals surface area contributed by atoms with Gasteiger partial charge in [-0.3, -0.25) is 4.79 Å². The van der Waals surface area contributed by atoms with Gasteiger partial charge in [0.25, 0.3) is 0 Å². The van der Waals surface area contributed by atoms with Crippen LogP contribution < -0.4 is 20.7 Å². The Kier molecular flexibility index (Phi) is 4.85. The minimum atomic E-state index is -0.568. The van der Waals surface area contributed by atoms with Crippen molar-refractivity contribution in [3.8, 4) is 5.75 Å². The molecule has 2 rings (SSSR count). The van der Waals surface area contributed by atoms with Crippen LogP contribution in [0.5, 0.6) is 5.75 Å². The molecule has 1 fully saturated rings. The summed E-state index contributed by atoms with van der Waals surface area (Å²) in [4.78, 5) is 13.8. The molecule has 1 heterocycles. The van der Waals surface area contributed by atoms with Gasteiger partial charge in [0.05, 0.1) is 31.7 Å². The zero-order chi connectivity index (χ0) is 15.4. The lowest BCUT2D eigenvalue weighted by atomic mass is 10.1. The van der Waals surface area contributed by atoms with E-state index in [1.54, 1.807) is 4.90 Å². The SMILES string of the molecule is CCNC(=O)C1COCCN1c1cc(OC)c(N)cc1F. The van der Waals surface area contributed by atoms with Gasteiger partial charge in [0, 0.05) is 25.2 Å². The Hall–Kier alpha value is -2.02. The monoisotopic (exact) mass is 297 g/mol. The molecule has 6 nitrogen and oxygen atoms in total. The van der Waals surface area contributed by atoms with Crippen LogP contribution in [0.25, 0.3) is 0 Å². The molecule has 3 N–H and O–H groups in total. The summed E-state index contributed by atoms with van der Waals surface area (Å²) in [7, 11) is 1.47. The molecule has 1 aromatic rings. The summed E-state index contributed by atoms with van der Waals surface area (Å²) < 4.78 is 24.7. The number of nitrogens with zero attached hydrogens (tertiary/aromatic N) is 1. The molecule has 7 heteroatoms. The quantitative estimate of drug-likeness (QED) is 0.802. The molecule has 0 aliphatic carbocycles. The molecule has 1 aliphatic heterocycles. The smallest absolute Gasteiger partial charge is 0.245 e. The second-order valence-corrected chi connectivity index (χ2v) is 4.72. The fourth-order valence-electron chi connectivity index (χ4n) is 2.36. The van der Waals surface area contributed by atoms with Crippen molar-refractivity contribution in [3.05, 3.63) is 17.9 Å². The van der Waals surface area contributed by atoms with Crippen LogP contribution in [-0.4, -0.2) is 45.4 Å². The van der Waals surface area contributed by atoms with Gasteiger partial charge in [0.2, 0.25) is 5.91 Å². The van der Waals surface area contributed by atoms with E-state index in [1.165, 1.54) is 19.2 Å². The molecule has 21 heavy (non-hydrogen) atoms. The number of carbonyl (C=O) groups is 1. The number of carbonyl (C=O) groups excluding carboxylic acids is 1. The number of morpholine rings is 1. The molecule has 1 unspecified atom stereocenters. The van der Waals surface area contributed by atoms with Gasteiger partial charge >= 0.3 is 0 Å². The number of amides is 1. The number of benzene rings is 1. The Morgan fingerprint density at radius 2 is 2.38 bits per heavy atom. The van der Waals surface area contributed by atoms with Crippen LogP contribution in [0.2, 0.25) is 0 Å². The number of likely N-dealkylation sites (N-methyl/N-ethyl adjacent to an activating group) is 1. The highest BCUT2D eigenvalue weighted by Gasteiger charge is 2.31. The van der Waals surface area contributed by atoms with Crippen LogP contribution in [-0.2, 0) is 9.53 Å². The summed E-state index contributed by atoms with van der Waals surface area (Å²) in [6.07, 6.45) is 0. The Morgan fingerprint density at radius 3 is 3.05 bits per heavy atom. The molecule has 1 amide bonds. The third-order valence-corrected chi connectivity index (χ3v) is 3.39. The average Bonchev–Trinajstić information content (AvgIpc) is 2.48. The first-order valence-corrected chi connectivity index (χ1v) is 6.83. The third kappa shape index (κ3) is 3.18. The van der Waals surface area contributed by atoms with Gasteiger partial charge in [0.1, 0.15) is 17.6 Å². The van der Waals surface area contributed by atoms with Crippen LogP contribution in [0, 0.1) is 5.82 Å². The topological polar surface area (TPSA) is 76.8 Å². The first-order chi connectivity index (χ1) is 10.1. The Bertz CT molecular complexity index is 524. The summed E-state index contributed by atoms with van der Waals surface area (Å²) >= 11 is 0. The first kappa shape index (κ1) is 15.4. The maximum absolute atomic E-state index is 14.2. The van der Waals surface area contributed by atoms with Gasteiger partial charge in [-0.25, -0.2) is 4.39 Å². The second-order valence-electron chi connectivity index (χ2n) is 4.72. The molecule has 0 radical (unpaired) electrons. The van der Waals surface area contributed by atoms with Crippen LogP contribution in [0.4, 0.5) is 15.8 Å². The van der Waals surface area contributed by atoms with Crippen molar-refractivity contribution in [2.24, 2.45) is 0 Å². The molecule has 0 aromatic heterocycles. The van der Waals surface area contributed by atoms with E-state index in [0.29, 0.717) is 31.1 Å². The number of rotatable bonds is 4. The van der Waals surface area contributed by atoms with Gasteiger partial charge in [-0.1, -0.05) is 0 Å². The van der Waals surface area contributed by atoms with Crippen LogP contribution in [0.1, 0.15) is 6.92 Å². The van der Waals surface area contributed by atoms with E-state index in [9.17, 15) is 9.18 Å². The van der Waals surface area contributed by atoms with Gasteiger partial charge in [0.15, 0.2) is 0 Å². The lowest BCUT2D eigenvalue weighted by Crippen LogP contribution is -2.54. The molecule has 0 spiro atoms. The Morgan fingerprint density at radius 1 is 1.62 bits per heavy atom. The third-order valence-electron chi connectivity index (χ3n) is 3.39. The predicted molar refractivity (Wildman–Crippen MR) is 78.0 cm³/mol. The van der Waals surface area contributed by atoms with E-state index in [0.717, 1.165) is 0 Å². The number of nitrogen functional groups attached to an aromatic ring is 1. The van der Waals surface area contributed by atoms with Crippen molar-refractivity contribution in [3.63, 3.8) is 0 Å². The van der Waals surface area contributed by atoms with Crippen molar-refractivity contribution >= 4 is 17.3 Å². The van der Waals surface area contributed by atoms with Crippen molar-refractivity contribution in [2.45, 2.75) is 13.0 Å². The van der Waals surface area contributed by atoms with Gasteiger partial charge in [-0.2, -0.15) is 0 Å². The molecular formula is C14H20FN3O3. The van der Waals surface area contributed by atoms with Crippen molar-refractivity contribution in [1.82, 2.24) is 5.32 Å². The maximum atomic E-state index is 14.2. The highest BCUT2D eigenvalue weighted by molar-refractivity contribution is 5.86. The van der Waals surface area contributed by atoms with Crippen molar-refractivity contribution in [1.29, 1.82) is 0 Å². The van der Waals surface area contributed by atoms with E-state index in [1.807, 2.05) is 6.92 Å². The number of nitrogens with two attached hydrogens (primary N) is 1. The average molecular weight is 297 g/mol. The Labute approximate surface area is 123 Å². The lowest BCUT2D eigenvalue weighted by molar-refractivity contribution is -0.124. The molecule has 0 saturated carbocycles. The molecule has 0 bridgehead atoms. The second kappa shape index (κ2) is 6.62. The highest BCUT2D eigenvalue weighted by atomic mass is 19.1. The van der Waals surface area contributed by atoms with E-state index in [-0.39, 0.29) is 18.2 Å². The number of hydrogen-bond acceptors (Lipinski definition) is 5. The number of anilines is 2. The number of nitrogens with one attached hydrogen (secondary N) is 1. The number of hydrogen-bond donors (Lipinski definition) is 2. The van der Waals surface area contributed by atoms with Gasteiger partial charge in [-0.15, -0.1) is 0 Å². The standard InChI is InChI=1S/C14H20FN3O3/c1-3-17-14(19)12-8-21-5-4-18(12)11-7-13(20-2)10(16)6-9(11)15/h6-7,12H,3-5,8,16H2,1-2H3,(H,17,19). The summed E-state index contributed by atoms with van der Waals surface area (Å²) in [5.41, 5.74) is 6.20. The van der Waals surface area contributed by atoms with Crippen LogP contribution in [0.3, 0.4) is 0 Å². The number of halogens is 1. The maximum Gasteiger partial charge on any atom is 0.245 e. The van der Waals surface area contributed by atoms with Gasteiger partial charge in [-0.05, 0) is 6.92 Å². The van der Waals surface area contributed by atoms with E-state index in [2.05, 4.69) is 5.32 Å². The van der Waals surface area contributed by atoms with E-state index < -0.39 is 11.9 Å². The van der Waals surface area contributed by atoms with Crippen LogP contribution >= 0.6 is 0 Å². The zero-order valence-electron chi connectivity index (χ0n) is 12.2. The molecule has 1 atom stereocenters. The minimum Gasteiger partial charge on any atom is -0.495 e. The fourth-order valence-corrected chi connectivity index (χ4v) is 2.36. The molecular weight excluding hydrogens is 277 g/mol. The van der Waals surface area contributed by atoms with Crippen LogP contribution in [0.15, 0.2) is 12.1 Å². The summed E-state index contributed by atoms with van der Waals surface area (Å²) in [6.45, 7) is 3.42. The molecule has 1 aromatic carbocycles.